The van der Waals surface area contributed by atoms with Gasteiger partial charge in [-0.1, -0.05) is 20.8 Å². The summed E-state index contributed by atoms with van der Waals surface area (Å²) in [5.74, 6) is 0.896. The summed E-state index contributed by atoms with van der Waals surface area (Å²) in [7, 11) is 0. The lowest BCUT2D eigenvalue weighted by Crippen LogP contribution is -2.26. The molecule has 1 aromatic heterocycles. The van der Waals surface area contributed by atoms with Gasteiger partial charge in [0, 0.05) is 29.0 Å². The Morgan fingerprint density at radius 3 is 2.44 bits per heavy atom. The number of hydrogen-bond donors (Lipinski definition) is 2. The number of nitrogens with zero attached hydrogens (tertiary/aromatic N) is 2. The van der Waals surface area contributed by atoms with Gasteiger partial charge in [-0.25, -0.2) is 4.98 Å². The van der Waals surface area contributed by atoms with E-state index in [1.165, 1.54) is 11.5 Å². The fourth-order valence-electron chi connectivity index (χ4n) is 1.41. The maximum Gasteiger partial charge on any atom is 0.202 e. The van der Waals surface area contributed by atoms with Gasteiger partial charge in [-0.15, -0.1) is 0 Å². The van der Waals surface area contributed by atoms with Crippen LogP contribution in [0.15, 0.2) is 0 Å². The summed E-state index contributed by atoms with van der Waals surface area (Å²) in [6.07, 6.45) is 0.935. The van der Waals surface area contributed by atoms with Crippen molar-refractivity contribution in [1.29, 1.82) is 0 Å². The van der Waals surface area contributed by atoms with Crippen molar-refractivity contribution >= 4 is 16.7 Å². The van der Waals surface area contributed by atoms with Gasteiger partial charge in [-0.3, -0.25) is 0 Å². The van der Waals surface area contributed by atoms with Crippen LogP contribution in [-0.2, 0) is 5.41 Å². The van der Waals surface area contributed by atoms with Crippen LogP contribution in [0.5, 0.6) is 0 Å². The molecule has 92 valence electrons. The molecule has 1 heterocycles. The smallest absolute Gasteiger partial charge is 0.202 e. The minimum atomic E-state index is 0.0147. The van der Waals surface area contributed by atoms with Gasteiger partial charge in [0.05, 0.1) is 0 Å². The maximum atomic E-state index is 5.75. The van der Waals surface area contributed by atoms with E-state index >= 15 is 0 Å². The molecule has 5 heteroatoms. The van der Waals surface area contributed by atoms with Crippen LogP contribution in [0.1, 0.15) is 46.9 Å². The molecule has 0 radical (unpaired) electrons. The van der Waals surface area contributed by atoms with Crippen molar-refractivity contribution in [3.63, 3.8) is 0 Å². The molecular formula is C11H22N4S. The van der Waals surface area contributed by atoms with Crippen LogP contribution in [0.25, 0.3) is 0 Å². The summed E-state index contributed by atoms with van der Waals surface area (Å²) >= 11 is 1.42. The van der Waals surface area contributed by atoms with E-state index in [9.17, 15) is 0 Å². The molecule has 2 unspecified atom stereocenters. The fraction of sp³-hybridized carbons (Fsp3) is 0.818. The van der Waals surface area contributed by atoms with E-state index in [1.54, 1.807) is 0 Å². The molecule has 0 bridgehead atoms. The Morgan fingerprint density at radius 2 is 2.00 bits per heavy atom. The molecule has 1 aromatic rings. The van der Waals surface area contributed by atoms with E-state index < -0.39 is 0 Å². The molecule has 0 aliphatic rings. The summed E-state index contributed by atoms with van der Waals surface area (Å²) in [4.78, 5) is 4.48. The molecule has 0 spiro atoms. The van der Waals surface area contributed by atoms with Crippen LogP contribution < -0.4 is 11.1 Å². The van der Waals surface area contributed by atoms with Crippen LogP contribution >= 0.6 is 11.5 Å². The van der Waals surface area contributed by atoms with Crippen molar-refractivity contribution < 1.29 is 0 Å². The third kappa shape index (κ3) is 4.06. The Balaban J connectivity index is 2.59. The third-order valence-electron chi connectivity index (χ3n) is 2.19. The van der Waals surface area contributed by atoms with Crippen LogP contribution in [-0.4, -0.2) is 21.4 Å². The molecule has 16 heavy (non-hydrogen) atoms. The second kappa shape index (κ2) is 5.10. The van der Waals surface area contributed by atoms with E-state index in [-0.39, 0.29) is 11.5 Å². The van der Waals surface area contributed by atoms with Gasteiger partial charge >= 0.3 is 0 Å². The van der Waals surface area contributed by atoms with Crippen molar-refractivity contribution in [3.8, 4) is 0 Å². The van der Waals surface area contributed by atoms with Gasteiger partial charge in [0.25, 0.3) is 0 Å². The highest BCUT2D eigenvalue weighted by Gasteiger charge is 2.20. The zero-order chi connectivity index (χ0) is 12.3. The van der Waals surface area contributed by atoms with E-state index in [0.29, 0.717) is 6.04 Å². The van der Waals surface area contributed by atoms with Gasteiger partial charge in [-0.05, 0) is 20.3 Å². The van der Waals surface area contributed by atoms with E-state index in [1.807, 2.05) is 6.92 Å². The van der Waals surface area contributed by atoms with Crippen molar-refractivity contribution in [2.75, 3.05) is 5.32 Å². The average molecular weight is 242 g/mol. The highest BCUT2D eigenvalue weighted by Crippen LogP contribution is 2.23. The normalized spacial score (nSPS) is 15.9. The predicted molar refractivity (Wildman–Crippen MR) is 70.0 cm³/mol. The number of nitrogens with one attached hydrogen (secondary N) is 1. The second-order valence-corrected chi connectivity index (χ2v) is 6.18. The van der Waals surface area contributed by atoms with Crippen molar-refractivity contribution in [2.45, 2.75) is 58.5 Å². The highest BCUT2D eigenvalue weighted by atomic mass is 32.1. The molecule has 0 amide bonds. The first-order chi connectivity index (χ1) is 7.29. The van der Waals surface area contributed by atoms with Gasteiger partial charge in [0.15, 0.2) is 0 Å². The quantitative estimate of drug-likeness (QED) is 0.851. The summed E-state index contributed by atoms with van der Waals surface area (Å²) in [5, 5.41) is 4.22. The SMILES string of the molecule is CC(N)CC(C)Nc1nc(C(C)(C)C)ns1. The lowest BCUT2D eigenvalue weighted by Gasteiger charge is -2.15. The topological polar surface area (TPSA) is 63.8 Å². The van der Waals surface area contributed by atoms with E-state index in [2.05, 4.69) is 42.4 Å². The lowest BCUT2D eigenvalue weighted by molar-refractivity contribution is 0.554. The van der Waals surface area contributed by atoms with Gasteiger partial charge in [-0.2, -0.15) is 4.37 Å². The Morgan fingerprint density at radius 1 is 1.38 bits per heavy atom. The van der Waals surface area contributed by atoms with Crippen LogP contribution in [0.2, 0.25) is 0 Å². The van der Waals surface area contributed by atoms with Gasteiger partial charge in [0.1, 0.15) is 5.82 Å². The summed E-state index contributed by atoms with van der Waals surface area (Å²) in [6, 6.07) is 0.540. The minimum Gasteiger partial charge on any atom is -0.358 e. The average Bonchev–Trinajstić information content (AvgIpc) is 2.49. The van der Waals surface area contributed by atoms with Crippen molar-refractivity contribution in [2.24, 2.45) is 5.73 Å². The van der Waals surface area contributed by atoms with Crippen molar-refractivity contribution in [3.05, 3.63) is 5.82 Å². The molecule has 0 aromatic carbocycles. The minimum absolute atomic E-state index is 0.0147. The lowest BCUT2D eigenvalue weighted by atomic mass is 9.96. The predicted octanol–water partition coefficient (Wildman–Crippen LogP) is 2.37. The Bertz CT molecular complexity index is 327. The molecular weight excluding hydrogens is 220 g/mol. The number of nitrogens with two attached hydrogens (primary N) is 1. The summed E-state index contributed by atoms with van der Waals surface area (Å²) in [6.45, 7) is 10.5. The molecule has 0 aliphatic carbocycles. The first-order valence-electron chi connectivity index (χ1n) is 5.65. The second-order valence-electron chi connectivity index (χ2n) is 5.43. The van der Waals surface area contributed by atoms with Crippen LogP contribution in [0.4, 0.5) is 5.13 Å². The molecule has 0 saturated carbocycles. The fourth-order valence-corrected chi connectivity index (χ4v) is 2.28. The monoisotopic (exact) mass is 242 g/mol. The number of rotatable bonds is 4. The summed E-state index contributed by atoms with van der Waals surface area (Å²) < 4.78 is 4.36. The van der Waals surface area contributed by atoms with Crippen LogP contribution in [0, 0.1) is 0 Å². The standard InChI is InChI=1S/C11H22N4S/c1-7(12)6-8(2)13-10-14-9(15-16-10)11(3,4)5/h7-8H,6,12H2,1-5H3,(H,13,14,15). The highest BCUT2D eigenvalue weighted by molar-refractivity contribution is 7.09. The third-order valence-corrected chi connectivity index (χ3v) is 2.84. The molecule has 0 saturated heterocycles. The number of anilines is 1. The zero-order valence-electron chi connectivity index (χ0n) is 10.7. The molecule has 0 aliphatic heterocycles. The Kier molecular flexibility index (Phi) is 4.27. The zero-order valence-corrected chi connectivity index (χ0v) is 11.6. The Hall–Kier alpha value is -0.680. The molecule has 4 nitrogen and oxygen atoms in total. The first-order valence-corrected chi connectivity index (χ1v) is 6.42. The number of hydrogen-bond acceptors (Lipinski definition) is 5. The largest absolute Gasteiger partial charge is 0.358 e. The summed E-state index contributed by atoms with van der Waals surface area (Å²) in [5.41, 5.74) is 5.76. The molecule has 1 rings (SSSR count). The first kappa shape index (κ1) is 13.4. The van der Waals surface area contributed by atoms with Gasteiger partial charge < -0.3 is 11.1 Å². The number of aromatic nitrogens is 2. The van der Waals surface area contributed by atoms with Gasteiger partial charge in [0.2, 0.25) is 5.13 Å². The van der Waals surface area contributed by atoms with Crippen LogP contribution in [0.3, 0.4) is 0 Å². The van der Waals surface area contributed by atoms with E-state index in [4.69, 9.17) is 5.73 Å². The molecule has 0 fully saturated rings. The van der Waals surface area contributed by atoms with Crippen molar-refractivity contribution in [1.82, 2.24) is 9.36 Å². The molecule has 2 atom stereocenters. The Labute approximate surface area is 102 Å². The maximum absolute atomic E-state index is 5.75. The van der Waals surface area contributed by atoms with E-state index in [0.717, 1.165) is 17.4 Å². The molecule has 3 N–H and O–H groups in total.